The van der Waals surface area contributed by atoms with Crippen molar-refractivity contribution in [3.8, 4) is 10.6 Å². The lowest BCUT2D eigenvalue weighted by molar-refractivity contribution is -0.0435. The molecule has 0 bridgehead atoms. The average Bonchev–Trinajstić information content (AvgIpc) is 3.18. The van der Waals surface area contributed by atoms with Crippen molar-refractivity contribution in [1.29, 1.82) is 0 Å². The van der Waals surface area contributed by atoms with Gasteiger partial charge in [-0.25, -0.2) is 4.39 Å². The monoisotopic (exact) mass is 447 g/mol. The Morgan fingerprint density at radius 3 is 2.78 bits per heavy atom. The Kier molecular flexibility index (Phi) is 5.63. The van der Waals surface area contributed by atoms with Crippen molar-refractivity contribution in [3.05, 3.63) is 69.4 Å². The van der Waals surface area contributed by atoms with Gasteiger partial charge in [-0.3, -0.25) is 4.90 Å². The molecule has 1 aromatic heterocycles. The highest BCUT2D eigenvalue weighted by Gasteiger charge is 2.29. The Morgan fingerprint density at radius 1 is 1.19 bits per heavy atom. The lowest BCUT2D eigenvalue weighted by Gasteiger charge is -2.36. The zero-order chi connectivity index (χ0) is 18.8. The molecule has 1 aliphatic heterocycles. The number of nitrogens with zero attached hydrogens (tertiary/aromatic N) is 3. The van der Waals surface area contributed by atoms with Gasteiger partial charge < -0.3 is 4.74 Å². The molecule has 1 aliphatic rings. The molecule has 2 heterocycles. The molecule has 0 spiro atoms. The number of benzene rings is 2. The van der Waals surface area contributed by atoms with E-state index < -0.39 is 0 Å². The number of halogens is 2. The minimum atomic E-state index is -0.270. The second kappa shape index (κ2) is 8.14. The van der Waals surface area contributed by atoms with Crippen molar-refractivity contribution < 1.29 is 9.13 Å². The summed E-state index contributed by atoms with van der Waals surface area (Å²) in [4.78, 5) is 2.35. The first-order chi connectivity index (χ1) is 13.1. The highest BCUT2D eigenvalue weighted by Crippen LogP contribution is 2.34. The van der Waals surface area contributed by atoms with E-state index in [2.05, 4.69) is 44.0 Å². The average molecular weight is 448 g/mol. The highest BCUT2D eigenvalue weighted by atomic mass is 79.9. The minimum Gasteiger partial charge on any atom is -0.371 e. The second-order valence-electron chi connectivity index (χ2n) is 6.48. The number of rotatable bonds is 4. The van der Waals surface area contributed by atoms with Gasteiger partial charge in [0, 0.05) is 23.1 Å². The lowest BCUT2D eigenvalue weighted by Crippen LogP contribution is -2.39. The molecule has 0 N–H and O–H groups in total. The van der Waals surface area contributed by atoms with Crippen LogP contribution in [0.5, 0.6) is 0 Å². The summed E-state index contributed by atoms with van der Waals surface area (Å²) < 4.78 is 21.1. The van der Waals surface area contributed by atoms with Gasteiger partial charge in [0.2, 0.25) is 0 Å². The quantitative estimate of drug-likeness (QED) is 0.547. The summed E-state index contributed by atoms with van der Waals surface area (Å²) in [5.74, 6) is -0.270. The fourth-order valence-electron chi connectivity index (χ4n) is 3.25. The third-order valence-corrected chi connectivity index (χ3v) is 6.65. The van der Waals surface area contributed by atoms with Crippen LogP contribution >= 0.6 is 27.3 Å². The molecular weight excluding hydrogens is 429 g/mol. The van der Waals surface area contributed by atoms with Crippen LogP contribution in [0.2, 0.25) is 0 Å². The molecule has 2 atom stereocenters. The van der Waals surface area contributed by atoms with Crippen LogP contribution < -0.4 is 0 Å². The van der Waals surface area contributed by atoms with Crippen molar-refractivity contribution in [2.45, 2.75) is 19.1 Å². The third kappa shape index (κ3) is 3.96. The van der Waals surface area contributed by atoms with Gasteiger partial charge in [-0.1, -0.05) is 57.6 Å². The summed E-state index contributed by atoms with van der Waals surface area (Å²) in [6.07, 6.45) is 0.00994. The first kappa shape index (κ1) is 18.7. The molecule has 0 unspecified atom stereocenters. The van der Waals surface area contributed by atoms with Crippen LogP contribution in [0.1, 0.15) is 29.6 Å². The molecule has 1 saturated heterocycles. The molecule has 7 heteroatoms. The smallest absolute Gasteiger partial charge is 0.150 e. The molecule has 3 aromatic rings. The Bertz CT molecular complexity index is 935. The Balaban J connectivity index is 1.52. The van der Waals surface area contributed by atoms with Crippen LogP contribution in [0.3, 0.4) is 0 Å². The summed E-state index contributed by atoms with van der Waals surface area (Å²) in [5.41, 5.74) is 1.65. The molecule has 0 amide bonds. The van der Waals surface area contributed by atoms with E-state index in [-0.39, 0.29) is 18.0 Å². The fourth-order valence-corrected chi connectivity index (χ4v) is 4.75. The molecule has 4 rings (SSSR count). The first-order valence-electron chi connectivity index (χ1n) is 8.82. The van der Waals surface area contributed by atoms with E-state index in [9.17, 15) is 4.39 Å². The SMILES string of the molecule is C[C@H](c1nnc(-c2ccccc2F)s1)N1CCO[C@@H](c2ccccc2Br)C1. The van der Waals surface area contributed by atoms with Crippen LogP contribution in [0, 0.1) is 5.82 Å². The number of ether oxygens (including phenoxy) is 1. The van der Waals surface area contributed by atoms with E-state index in [1.807, 2.05) is 24.3 Å². The van der Waals surface area contributed by atoms with Crippen LogP contribution in [-0.2, 0) is 4.74 Å². The van der Waals surface area contributed by atoms with Gasteiger partial charge in [-0.15, -0.1) is 10.2 Å². The molecule has 140 valence electrons. The number of morpholine rings is 1. The first-order valence-corrected chi connectivity index (χ1v) is 10.4. The number of hydrogen-bond donors (Lipinski definition) is 0. The maximum atomic E-state index is 14.0. The van der Waals surface area contributed by atoms with Crippen LogP contribution in [0.25, 0.3) is 10.6 Å². The van der Waals surface area contributed by atoms with Crippen LogP contribution in [0.4, 0.5) is 4.39 Å². The van der Waals surface area contributed by atoms with Gasteiger partial charge >= 0.3 is 0 Å². The zero-order valence-electron chi connectivity index (χ0n) is 14.8. The van der Waals surface area contributed by atoms with E-state index >= 15 is 0 Å². The Morgan fingerprint density at radius 2 is 1.96 bits per heavy atom. The standard InChI is InChI=1S/C20H19BrFN3OS/c1-13(19-23-24-20(27-19)15-7-3-5-9-17(15)22)25-10-11-26-18(12-25)14-6-2-4-8-16(14)21/h2-9,13,18H,10-12H2,1H3/t13-,18-/m1/s1. The molecular formula is C20H19BrFN3OS. The van der Waals surface area contributed by atoms with Gasteiger partial charge in [0.1, 0.15) is 10.8 Å². The number of hydrogen-bond acceptors (Lipinski definition) is 5. The summed E-state index contributed by atoms with van der Waals surface area (Å²) in [6.45, 7) is 4.39. The normalized spacial score (nSPS) is 19.1. The molecule has 0 saturated carbocycles. The van der Waals surface area contributed by atoms with E-state index in [4.69, 9.17) is 4.74 Å². The summed E-state index contributed by atoms with van der Waals surface area (Å²) in [5, 5.41) is 10.1. The van der Waals surface area contributed by atoms with Crippen molar-refractivity contribution in [1.82, 2.24) is 15.1 Å². The predicted octanol–water partition coefficient (Wildman–Crippen LogP) is 5.24. The van der Waals surface area contributed by atoms with E-state index in [0.29, 0.717) is 17.2 Å². The zero-order valence-corrected chi connectivity index (χ0v) is 17.2. The molecule has 0 aliphatic carbocycles. The maximum absolute atomic E-state index is 14.0. The molecule has 0 radical (unpaired) electrons. The maximum Gasteiger partial charge on any atom is 0.150 e. The fraction of sp³-hybridized carbons (Fsp3) is 0.300. The minimum absolute atomic E-state index is 0.00994. The second-order valence-corrected chi connectivity index (χ2v) is 8.34. The van der Waals surface area contributed by atoms with Gasteiger partial charge in [0.25, 0.3) is 0 Å². The van der Waals surface area contributed by atoms with Crippen molar-refractivity contribution in [3.63, 3.8) is 0 Å². The molecule has 1 fully saturated rings. The summed E-state index contributed by atoms with van der Waals surface area (Å²) >= 11 is 5.06. The van der Waals surface area contributed by atoms with Crippen molar-refractivity contribution >= 4 is 27.3 Å². The van der Waals surface area contributed by atoms with Crippen molar-refractivity contribution in [2.75, 3.05) is 19.7 Å². The van der Waals surface area contributed by atoms with E-state index in [1.165, 1.54) is 17.4 Å². The number of aromatic nitrogens is 2. The van der Waals surface area contributed by atoms with Crippen molar-refractivity contribution in [2.24, 2.45) is 0 Å². The third-order valence-electron chi connectivity index (χ3n) is 4.80. The lowest BCUT2D eigenvalue weighted by atomic mass is 10.1. The predicted molar refractivity (Wildman–Crippen MR) is 108 cm³/mol. The van der Waals surface area contributed by atoms with Gasteiger partial charge in [-0.2, -0.15) is 0 Å². The molecule has 2 aromatic carbocycles. The largest absolute Gasteiger partial charge is 0.371 e. The van der Waals surface area contributed by atoms with E-state index in [0.717, 1.165) is 28.1 Å². The van der Waals surface area contributed by atoms with Gasteiger partial charge in [-0.05, 0) is 30.7 Å². The van der Waals surface area contributed by atoms with Gasteiger partial charge in [0.05, 0.1) is 18.8 Å². The van der Waals surface area contributed by atoms with Crippen LogP contribution in [0.15, 0.2) is 53.0 Å². The summed E-state index contributed by atoms with van der Waals surface area (Å²) in [7, 11) is 0. The highest BCUT2D eigenvalue weighted by molar-refractivity contribution is 9.10. The molecule has 4 nitrogen and oxygen atoms in total. The van der Waals surface area contributed by atoms with Crippen LogP contribution in [-0.4, -0.2) is 34.8 Å². The topological polar surface area (TPSA) is 38.2 Å². The molecule has 27 heavy (non-hydrogen) atoms. The Hall–Kier alpha value is -1.67. The van der Waals surface area contributed by atoms with E-state index in [1.54, 1.807) is 12.1 Å². The summed E-state index contributed by atoms with van der Waals surface area (Å²) in [6, 6.07) is 14.9. The van der Waals surface area contributed by atoms with Gasteiger partial charge in [0.15, 0.2) is 5.01 Å². The Labute approximate surface area is 170 Å².